The Bertz CT molecular complexity index is 952. The van der Waals surface area contributed by atoms with Gasteiger partial charge in [0.2, 0.25) is 5.82 Å². The number of H-pyrrole nitrogens is 1. The first-order chi connectivity index (χ1) is 12.2. The second-order valence-corrected chi connectivity index (χ2v) is 5.26. The fraction of sp³-hybridized carbons (Fsp3) is 0.0556. The predicted octanol–water partition coefficient (Wildman–Crippen LogP) is 3.05. The number of carbonyl (C=O) groups excluding carboxylic acids is 1. The van der Waals surface area contributed by atoms with E-state index in [0.29, 0.717) is 5.56 Å². The molecule has 0 radical (unpaired) electrons. The number of rotatable bonds is 5. The van der Waals surface area contributed by atoms with Gasteiger partial charge in [-0.3, -0.25) is 4.79 Å². The summed E-state index contributed by atoms with van der Waals surface area (Å²) in [6.07, 6.45) is 1.52. The lowest BCUT2D eigenvalue weighted by Gasteiger charge is -2.06. The Morgan fingerprint density at radius 1 is 1.20 bits per heavy atom. The van der Waals surface area contributed by atoms with Gasteiger partial charge in [-0.15, -0.1) is 10.2 Å². The number of allylic oxidation sites excluding steroid dienone is 1. The van der Waals surface area contributed by atoms with E-state index in [2.05, 4.69) is 25.9 Å². The number of carbonyl (C=O) groups is 1. The molecule has 0 saturated carbocycles. The van der Waals surface area contributed by atoms with Gasteiger partial charge < -0.3 is 5.32 Å². The number of tetrazole rings is 1. The minimum atomic E-state index is 0.0378. The molecule has 3 rings (SSSR count). The highest BCUT2D eigenvalue weighted by molar-refractivity contribution is 5.95. The molecule has 2 N–H and O–H groups in total. The fourth-order valence-electron chi connectivity index (χ4n) is 2.25. The lowest BCUT2D eigenvalue weighted by atomic mass is 10.0. The van der Waals surface area contributed by atoms with E-state index in [1.165, 1.54) is 6.20 Å². The first-order valence-electron chi connectivity index (χ1n) is 7.49. The van der Waals surface area contributed by atoms with Crippen molar-refractivity contribution in [2.75, 3.05) is 5.32 Å². The van der Waals surface area contributed by atoms with E-state index in [4.69, 9.17) is 5.26 Å². The van der Waals surface area contributed by atoms with Gasteiger partial charge in [-0.25, -0.2) is 0 Å². The molecule has 7 heteroatoms. The number of nitriles is 1. The molecule has 0 aliphatic carbocycles. The third-order valence-electron chi connectivity index (χ3n) is 3.58. The van der Waals surface area contributed by atoms with Gasteiger partial charge >= 0.3 is 0 Å². The van der Waals surface area contributed by atoms with Crippen LogP contribution in [0.25, 0.3) is 16.7 Å². The van der Waals surface area contributed by atoms with E-state index in [9.17, 15) is 4.79 Å². The molecule has 3 aromatic rings. The van der Waals surface area contributed by atoms with Crippen molar-refractivity contribution in [2.45, 2.75) is 6.92 Å². The summed E-state index contributed by atoms with van der Waals surface area (Å²) in [7, 11) is 0. The molecular weight excluding hydrogens is 316 g/mol. The molecule has 0 saturated heterocycles. The Labute approximate surface area is 144 Å². The number of nitrogens with zero attached hydrogens (tertiary/aromatic N) is 4. The number of anilines is 1. The molecule has 25 heavy (non-hydrogen) atoms. The maximum Gasteiger partial charge on any atom is 0.216 e. The molecular formula is C18H14N6O. The van der Waals surface area contributed by atoms with Crippen LogP contribution in [0.5, 0.6) is 0 Å². The zero-order valence-corrected chi connectivity index (χ0v) is 13.4. The van der Waals surface area contributed by atoms with Gasteiger partial charge in [0, 0.05) is 17.5 Å². The van der Waals surface area contributed by atoms with Crippen LogP contribution in [-0.2, 0) is 0 Å². The fourth-order valence-corrected chi connectivity index (χ4v) is 2.25. The van der Waals surface area contributed by atoms with Crippen LogP contribution >= 0.6 is 0 Å². The monoisotopic (exact) mass is 330 g/mol. The van der Waals surface area contributed by atoms with E-state index in [1.807, 2.05) is 48.5 Å². The highest BCUT2D eigenvalue weighted by Gasteiger charge is 2.06. The first-order valence-corrected chi connectivity index (χ1v) is 7.49. The summed E-state index contributed by atoms with van der Waals surface area (Å²) >= 11 is 0. The Morgan fingerprint density at radius 2 is 2.00 bits per heavy atom. The number of hydrogen-bond acceptors (Lipinski definition) is 6. The number of aromatic amines is 1. The molecule has 0 amide bonds. The predicted molar refractivity (Wildman–Crippen MR) is 93.3 cm³/mol. The quantitative estimate of drug-likeness (QED) is 0.550. The van der Waals surface area contributed by atoms with Gasteiger partial charge in [0.1, 0.15) is 11.6 Å². The summed E-state index contributed by atoms with van der Waals surface area (Å²) in [5.41, 5.74) is 3.73. The molecule has 0 spiro atoms. The first kappa shape index (κ1) is 16.1. The SMILES string of the molecule is CC(=O)c1cccc(-c2ccc(NC=C(C#N)c3nn[nH]n3)cc2)c1. The van der Waals surface area contributed by atoms with Crippen LogP contribution in [0.2, 0.25) is 0 Å². The van der Waals surface area contributed by atoms with Crippen molar-refractivity contribution in [3.05, 3.63) is 66.1 Å². The Hall–Kier alpha value is -3.79. The summed E-state index contributed by atoms with van der Waals surface area (Å²) in [5.74, 6) is 0.267. The summed E-state index contributed by atoms with van der Waals surface area (Å²) < 4.78 is 0. The summed E-state index contributed by atoms with van der Waals surface area (Å²) in [6.45, 7) is 1.55. The minimum absolute atomic E-state index is 0.0378. The van der Waals surface area contributed by atoms with Crippen LogP contribution in [0.4, 0.5) is 5.69 Å². The highest BCUT2D eigenvalue weighted by atomic mass is 16.1. The molecule has 0 bridgehead atoms. The van der Waals surface area contributed by atoms with Crippen molar-refractivity contribution in [3.63, 3.8) is 0 Å². The zero-order chi connectivity index (χ0) is 17.6. The topological polar surface area (TPSA) is 107 Å². The second-order valence-electron chi connectivity index (χ2n) is 5.26. The molecule has 0 atom stereocenters. The number of nitrogens with one attached hydrogen (secondary N) is 2. The Balaban J connectivity index is 1.78. The van der Waals surface area contributed by atoms with E-state index in [1.54, 1.807) is 13.0 Å². The maximum absolute atomic E-state index is 11.5. The molecule has 1 aromatic heterocycles. The normalized spacial score (nSPS) is 11.0. The van der Waals surface area contributed by atoms with Crippen molar-refractivity contribution in [3.8, 4) is 17.2 Å². The number of benzene rings is 2. The van der Waals surface area contributed by atoms with Crippen molar-refractivity contribution in [1.82, 2.24) is 20.6 Å². The number of aromatic nitrogens is 4. The van der Waals surface area contributed by atoms with E-state index < -0.39 is 0 Å². The van der Waals surface area contributed by atoms with Gasteiger partial charge in [0.25, 0.3) is 0 Å². The third kappa shape index (κ3) is 3.76. The molecule has 1 heterocycles. The number of ketones is 1. The highest BCUT2D eigenvalue weighted by Crippen LogP contribution is 2.23. The van der Waals surface area contributed by atoms with Crippen molar-refractivity contribution < 1.29 is 4.79 Å². The van der Waals surface area contributed by atoms with E-state index in [0.717, 1.165) is 16.8 Å². The molecule has 2 aromatic carbocycles. The van der Waals surface area contributed by atoms with Crippen molar-refractivity contribution in [2.24, 2.45) is 0 Å². The van der Waals surface area contributed by atoms with Gasteiger partial charge in [-0.1, -0.05) is 30.3 Å². The van der Waals surface area contributed by atoms with E-state index in [-0.39, 0.29) is 17.2 Å². The zero-order valence-electron chi connectivity index (χ0n) is 13.4. The summed E-state index contributed by atoms with van der Waals surface area (Å²) in [4.78, 5) is 11.5. The number of Topliss-reactive ketones (excluding diaryl/α,β-unsaturated/α-hetero) is 1. The molecule has 0 aliphatic heterocycles. The standard InChI is InChI=1S/C18H14N6O/c1-12(25)14-3-2-4-15(9-14)13-5-7-17(8-6-13)20-11-16(10-19)18-21-23-24-22-18/h2-9,11,20H,1H3,(H,21,22,23,24). The van der Waals surface area contributed by atoms with Gasteiger partial charge in [-0.05, 0) is 41.5 Å². The summed E-state index contributed by atoms with van der Waals surface area (Å²) in [6, 6.07) is 17.2. The van der Waals surface area contributed by atoms with Gasteiger partial charge in [0.15, 0.2) is 5.78 Å². The van der Waals surface area contributed by atoms with Crippen LogP contribution in [0.15, 0.2) is 54.7 Å². The Kier molecular flexibility index (Phi) is 4.62. The van der Waals surface area contributed by atoms with Crippen LogP contribution in [0.1, 0.15) is 23.1 Å². The Morgan fingerprint density at radius 3 is 2.64 bits per heavy atom. The minimum Gasteiger partial charge on any atom is -0.360 e. The molecule has 7 nitrogen and oxygen atoms in total. The lowest BCUT2D eigenvalue weighted by molar-refractivity contribution is 0.101. The summed E-state index contributed by atoms with van der Waals surface area (Å²) in [5, 5.41) is 25.4. The third-order valence-corrected chi connectivity index (χ3v) is 3.58. The van der Waals surface area contributed by atoms with Crippen LogP contribution in [0.3, 0.4) is 0 Å². The van der Waals surface area contributed by atoms with Crippen LogP contribution < -0.4 is 5.32 Å². The van der Waals surface area contributed by atoms with Crippen molar-refractivity contribution >= 4 is 17.0 Å². The van der Waals surface area contributed by atoms with E-state index >= 15 is 0 Å². The number of hydrogen-bond donors (Lipinski definition) is 2. The van der Waals surface area contributed by atoms with Crippen LogP contribution in [0, 0.1) is 11.3 Å². The molecule has 0 unspecified atom stereocenters. The second kappa shape index (κ2) is 7.19. The average Bonchev–Trinajstić information content (AvgIpc) is 3.17. The maximum atomic E-state index is 11.5. The van der Waals surface area contributed by atoms with Crippen LogP contribution in [-0.4, -0.2) is 26.4 Å². The average molecular weight is 330 g/mol. The van der Waals surface area contributed by atoms with Gasteiger partial charge in [-0.2, -0.15) is 10.5 Å². The smallest absolute Gasteiger partial charge is 0.216 e. The molecule has 0 fully saturated rings. The van der Waals surface area contributed by atoms with Crippen molar-refractivity contribution in [1.29, 1.82) is 5.26 Å². The van der Waals surface area contributed by atoms with Gasteiger partial charge in [0.05, 0.1) is 0 Å². The largest absolute Gasteiger partial charge is 0.360 e. The molecule has 122 valence electrons. The molecule has 0 aliphatic rings. The lowest BCUT2D eigenvalue weighted by Crippen LogP contribution is -1.93.